The smallest absolute Gasteiger partial charge is 0.0738 e. The van der Waals surface area contributed by atoms with Crippen molar-refractivity contribution in [1.29, 1.82) is 0 Å². The number of rotatable bonds is 2. The van der Waals surface area contributed by atoms with Gasteiger partial charge in [-0.25, -0.2) is 0 Å². The standard InChI is InChI=1S/C15H26O2/c1-13(2)8-15(17,9-13)14(10-16)7-11-3-5-12(14)6-4-11/h11-12,16-17H,3-10H2,1-2H3. The summed E-state index contributed by atoms with van der Waals surface area (Å²) in [6.45, 7) is 4.65. The number of fused-ring (bicyclic) bond motifs is 3. The topological polar surface area (TPSA) is 40.5 Å². The summed E-state index contributed by atoms with van der Waals surface area (Å²) in [6, 6.07) is 0. The van der Waals surface area contributed by atoms with Crippen LogP contribution in [-0.2, 0) is 0 Å². The van der Waals surface area contributed by atoms with Crippen molar-refractivity contribution in [2.75, 3.05) is 6.61 Å². The maximum Gasteiger partial charge on any atom is 0.0738 e. The van der Waals surface area contributed by atoms with Gasteiger partial charge in [0.2, 0.25) is 0 Å². The molecule has 2 heteroatoms. The van der Waals surface area contributed by atoms with E-state index in [2.05, 4.69) is 13.8 Å². The molecule has 1 atom stereocenters. The molecule has 2 nitrogen and oxygen atoms in total. The zero-order valence-corrected chi connectivity index (χ0v) is 11.2. The third kappa shape index (κ3) is 1.53. The van der Waals surface area contributed by atoms with Gasteiger partial charge in [-0.05, 0) is 49.4 Å². The van der Waals surface area contributed by atoms with Crippen molar-refractivity contribution in [3.63, 3.8) is 0 Å². The van der Waals surface area contributed by atoms with Crippen molar-refractivity contribution in [3.8, 4) is 0 Å². The van der Waals surface area contributed by atoms with E-state index in [-0.39, 0.29) is 17.4 Å². The van der Waals surface area contributed by atoms with E-state index in [1.165, 1.54) is 25.7 Å². The van der Waals surface area contributed by atoms with E-state index in [0.29, 0.717) is 5.92 Å². The highest BCUT2D eigenvalue weighted by atomic mass is 16.3. The second-order valence-corrected chi connectivity index (χ2v) is 7.79. The maximum atomic E-state index is 11.0. The summed E-state index contributed by atoms with van der Waals surface area (Å²) >= 11 is 0. The second-order valence-electron chi connectivity index (χ2n) is 7.79. The first-order chi connectivity index (χ1) is 7.91. The molecule has 4 aliphatic carbocycles. The Hall–Kier alpha value is -0.0800. The lowest BCUT2D eigenvalue weighted by atomic mass is 9.42. The summed E-state index contributed by atoms with van der Waals surface area (Å²) in [5, 5.41) is 21.0. The summed E-state index contributed by atoms with van der Waals surface area (Å²) in [5.74, 6) is 1.33. The first-order valence-electron chi connectivity index (χ1n) is 7.24. The van der Waals surface area contributed by atoms with Crippen LogP contribution in [-0.4, -0.2) is 22.4 Å². The maximum absolute atomic E-state index is 11.0. The van der Waals surface area contributed by atoms with Crippen LogP contribution >= 0.6 is 0 Å². The predicted molar refractivity (Wildman–Crippen MR) is 67.5 cm³/mol. The van der Waals surface area contributed by atoms with Gasteiger partial charge in [0, 0.05) is 5.41 Å². The van der Waals surface area contributed by atoms with Crippen LogP contribution < -0.4 is 0 Å². The second kappa shape index (κ2) is 3.48. The summed E-state index contributed by atoms with van der Waals surface area (Å²) in [4.78, 5) is 0. The summed E-state index contributed by atoms with van der Waals surface area (Å²) in [5.41, 5.74) is -0.466. The lowest BCUT2D eigenvalue weighted by Crippen LogP contribution is -2.66. The van der Waals surface area contributed by atoms with Crippen molar-refractivity contribution >= 4 is 0 Å². The normalized spacial score (nSPS) is 46.6. The van der Waals surface area contributed by atoms with E-state index in [9.17, 15) is 10.2 Å². The lowest BCUT2D eigenvalue weighted by molar-refractivity contribution is -0.251. The van der Waals surface area contributed by atoms with Crippen molar-refractivity contribution in [1.82, 2.24) is 0 Å². The molecule has 0 saturated heterocycles. The van der Waals surface area contributed by atoms with E-state index in [1.807, 2.05) is 0 Å². The van der Waals surface area contributed by atoms with Crippen LogP contribution in [0, 0.1) is 22.7 Å². The Morgan fingerprint density at radius 1 is 1.06 bits per heavy atom. The Bertz CT molecular complexity index is 307. The monoisotopic (exact) mass is 238 g/mol. The molecule has 0 aliphatic heterocycles. The molecule has 1 unspecified atom stereocenters. The molecule has 17 heavy (non-hydrogen) atoms. The highest BCUT2D eigenvalue weighted by molar-refractivity contribution is 5.15. The largest absolute Gasteiger partial charge is 0.396 e. The minimum absolute atomic E-state index is 0.163. The van der Waals surface area contributed by atoms with Crippen LogP contribution in [0.3, 0.4) is 0 Å². The first-order valence-corrected chi connectivity index (χ1v) is 7.24. The Morgan fingerprint density at radius 2 is 1.65 bits per heavy atom. The fraction of sp³-hybridized carbons (Fsp3) is 1.00. The van der Waals surface area contributed by atoms with Gasteiger partial charge < -0.3 is 10.2 Å². The highest BCUT2D eigenvalue weighted by Crippen LogP contribution is 2.65. The molecule has 0 aromatic heterocycles. The minimum Gasteiger partial charge on any atom is -0.396 e. The fourth-order valence-corrected chi connectivity index (χ4v) is 5.40. The van der Waals surface area contributed by atoms with Gasteiger partial charge in [0.1, 0.15) is 0 Å². The molecule has 0 heterocycles. The fourth-order valence-electron chi connectivity index (χ4n) is 5.40. The molecule has 0 aromatic carbocycles. The third-order valence-electron chi connectivity index (χ3n) is 6.03. The van der Waals surface area contributed by atoms with Gasteiger partial charge in [-0.2, -0.15) is 0 Å². The van der Waals surface area contributed by atoms with E-state index in [4.69, 9.17) is 0 Å². The zero-order valence-electron chi connectivity index (χ0n) is 11.2. The molecule has 98 valence electrons. The Kier molecular flexibility index (Phi) is 2.45. The molecule has 2 bridgehead atoms. The molecule has 0 spiro atoms. The molecule has 2 N–H and O–H groups in total. The molecular formula is C15H26O2. The third-order valence-corrected chi connectivity index (χ3v) is 6.03. The molecular weight excluding hydrogens is 212 g/mol. The molecule has 4 aliphatic rings. The van der Waals surface area contributed by atoms with Gasteiger partial charge in [-0.1, -0.05) is 26.7 Å². The number of aliphatic hydroxyl groups excluding tert-OH is 1. The number of hydrogen-bond acceptors (Lipinski definition) is 2. The SMILES string of the molecule is CC1(C)CC(O)(C2(CO)CC3CCC2CC3)C1. The Balaban J connectivity index is 1.88. The molecule has 0 aromatic rings. The van der Waals surface area contributed by atoms with Crippen LogP contribution in [0.5, 0.6) is 0 Å². The Morgan fingerprint density at radius 3 is 2.00 bits per heavy atom. The van der Waals surface area contributed by atoms with Gasteiger partial charge in [0.25, 0.3) is 0 Å². The summed E-state index contributed by atoms with van der Waals surface area (Å²) in [6.07, 6.45) is 7.94. The number of hydrogen-bond donors (Lipinski definition) is 2. The molecule has 0 amide bonds. The molecule has 0 radical (unpaired) electrons. The highest BCUT2D eigenvalue weighted by Gasteiger charge is 2.64. The van der Waals surface area contributed by atoms with Gasteiger partial charge in [0.05, 0.1) is 12.2 Å². The predicted octanol–water partition coefficient (Wildman–Crippen LogP) is 2.73. The van der Waals surface area contributed by atoms with E-state index in [0.717, 1.165) is 25.2 Å². The van der Waals surface area contributed by atoms with Crippen LogP contribution in [0.1, 0.15) is 58.8 Å². The minimum atomic E-state index is -0.574. The Labute approximate surface area is 104 Å². The van der Waals surface area contributed by atoms with E-state index < -0.39 is 5.60 Å². The summed E-state index contributed by atoms with van der Waals surface area (Å²) < 4.78 is 0. The van der Waals surface area contributed by atoms with Crippen LogP contribution in [0.4, 0.5) is 0 Å². The van der Waals surface area contributed by atoms with Crippen molar-refractivity contribution in [2.24, 2.45) is 22.7 Å². The zero-order chi connectivity index (χ0) is 12.3. The van der Waals surface area contributed by atoms with Crippen molar-refractivity contribution < 1.29 is 10.2 Å². The van der Waals surface area contributed by atoms with Crippen molar-refractivity contribution in [2.45, 2.75) is 64.4 Å². The molecule has 4 rings (SSSR count). The van der Waals surface area contributed by atoms with Crippen molar-refractivity contribution in [3.05, 3.63) is 0 Å². The van der Waals surface area contributed by atoms with Crippen LogP contribution in [0.15, 0.2) is 0 Å². The quantitative estimate of drug-likeness (QED) is 0.776. The average molecular weight is 238 g/mol. The summed E-state index contributed by atoms with van der Waals surface area (Å²) in [7, 11) is 0. The number of aliphatic hydroxyl groups is 2. The van der Waals surface area contributed by atoms with E-state index in [1.54, 1.807) is 0 Å². The van der Waals surface area contributed by atoms with Gasteiger partial charge in [0.15, 0.2) is 0 Å². The van der Waals surface area contributed by atoms with Crippen LogP contribution in [0.25, 0.3) is 0 Å². The van der Waals surface area contributed by atoms with Gasteiger partial charge >= 0.3 is 0 Å². The van der Waals surface area contributed by atoms with Gasteiger partial charge in [-0.3, -0.25) is 0 Å². The lowest BCUT2D eigenvalue weighted by Gasteiger charge is -2.65. The first kappa shape index (κ1) is 12.0. The van der Waals surface area contributed by atoms with Crippen LogP contribution in [0.2, 0.25) is 0 Å². The molecule has 4 fully saturated rings. The average Bonchev–Trinajstić information content (AvgIpc) is 2.27. The molecule has 4 saturated carbocycles. The van der Waals surface area contributed by atoms with Gasteiger partial charge in [-0.15, -0.1) is 0 Å². The van der Waals surface area contributed by atoms with E-state index >= 15 is 0 Å².